The number of benzene rings is 4. The predicted molar refractivity (Wildman–Crippen MR) is 154 cm³/mol. The molecule has 0 fully saturated rings. The van der Waals surface area contributed by atoms with Crippen LogP contribution in [0.5, 0.6) is 0 Å². The van der Waals surface area contributed by atoms with Crippen LogP contribution in [0.25, 0.3) is 0 Å². The molecule has 0 saturated heterocycles. The average Bonchev–Trinajstić information content (AvgIpc) is 2.90. The number of rotatable bonds is 8. The molecular formula is C31H32CuO4P2. The zero-order valence-electron chi connectivity index (χ0n) is 21.5. The maximum atomic E-state index is 8.89. The summed E-state index contributed by atoms with van der Waals surface area (Å²) in [5.41, 5.74) is 0. The monoisotopic (exact) mass is 593 g/mol. The van der Waals surface area contributed by atoms with Gasteiger partial charge in [0.25, 0.3) is 0 Å². The third-order valence-corrected chi connectivity index (χ3v) is 10.2. The maximum Gasteiger partial charge on any atom is 2.00 e. The molecule has 0 spiro atoms. The predicted octanol–water partition coefficient (Wildman–Crippen LogP) is 3.15. The Morgan fingerprint density at radius 1 is 0.500 bits per heavy atom. The number of aliphatic carboxylic acids is 2. The summed E-state index contributed by atoms with van der Waals surface area (Å²) >= 11 is 0. The van der Waals surface area contributed by atoms with E-state index in [1.165, 1.54) is 40.0 Å². The summed E-state index contributed by atoms with van der Waals surface area (Å²) in [4.78, 5) is 17.8. The largest absolute Gasteiger partial charge is 2.00 e. The van der Waals surface area contributed by atoms with Gasteiger partial charge >= 0.3 is 17.1 Å². The van der Waals surface area contributed by atoms with Crippen molar-refractivity contribution < 1.29 is 36.9 Å². The molecule has 0 bridgehead atoms. The SMILES string of the molecule is CC(=O)[O-].CC(=O)[O-].[Cu+2].c1ccc(P(CCCP(c2ccccc2)c2ccccc2)c2ccccc2)cc1. The second kappa shape index (κ2) is 19.3. The first-order valence-corrected chi connectivity index (χ1v) is 15.0. The molecule has 0 amide bonds. The smallest absolute Gasteiger partial charge is 0.550 e. The fourth-order valence-electron chi connectivity index (χ4n) is 3.63. The van der Waals surface area contributed by atoms with E-state index >= 15 is 0 Å². The van der Waals surface area contributed by atoms with Crippen molar-refractivity contribution in [2.75, 3.05) is 12.3 Å². The molecule has 4 rings (SSSR count). The van der Waals surface area contributed by atoms with E-state index in [4.69, 9.17) is 19.8 Å². The van der Waals surface area contributed by atoms with Crippen molar-refractivity contribution >= 4 is 49.0 Å². The van der Waals surface area contributed by atoms with Crippen molar-refractivity contribution in [3.8, 4) is 0 Å². The number of carboxylic acids is 2. The molecule has 4 nitrogen and oxygen atoms in total. The van der Waals surface area contributed by atoms with Gasteiger partial charge in [-0.15, -0.1) is 0 Å². The number of hydrogen-bond donors (Lipinski definition) is 0. The topological polar surface area (TPSA) is 80.3 Å². The summed E-state index contributed by atoms with van der Waals surface area (Å²) in [5, 5.41) is 23.7. The second-order valence-electron chi connectivity index (χ2n) is 7.98. The van der Waals surface area contributed by atoms with Crippen molar-refractivity contribution in [2.45, 2.75) is 20.3 Å². The van der Waals surface area contributed by atoms with Crippen LogP contribution < -0.4 is 31.4 Å². The zero-order valence-corrected chi connectivity index (χ0v) is 24.2. The van der Waals surface area contributed by atoms with Gasteiger partial charge in [0.2, 0.25) is 0 Å². The molecular weight excluding hydrogens is 562 g/mol. The summed E-state index contributed by atoms with van der Waals surface area (Å²) in [7, 11) is -0.618. The van der Waals surface area contributed by atoms with Gasteiger partial charge in [-0.05, 0) is 69.7 Å². The Labute approximate surface area is 239 Å². The van der Waals surface area contributed by atoms with Crippen LogP contribution in [0.3, 0.4) is 0 Å². The molecule has 7 heteroatoms. The second-order valence-corrected chi connectivity index (χ2v) is 12.7. The van der Waals surface area contributed by atoms with Crippen molar-refractivity contribution in [1.29, 1.82) is 0 Å². The van der Waals surface area contributed by atoms with Crippen LogP contribution >= 0.6 is 15.8 Å². The number of carbonyl (C=O) groups excluding carboxylic acids is 2. The van der Waals surface area contributed by atoms with Gasteiger partial charge in [-0.1, -0.05) is 121 Å². The molecule has 4 aromatic rings. The summed E-state index contributed by atoms with van der Waals surface area (Å²) in [6.07, 6.45) is 3.72. The summed E-state index contributed by atoms with van der Waals surface area (Å²) in [6, 6.07) is 44.3. The van der Waals surface area contributed by atoms with Crippen LogP contribution in [-0.4, -0.2) is 24.3 Å². The molecule has 1 radical (unpaired) electrons. The number of carboxylic acid groups (broad SMARTS) is 2. The Bertz CT molecular complexity index is 996. The fourth-order valence-corrected chi connectivity index (χ4v) is 8.59. The van der Waals surface area contributed by atoms with Crippen molar-refractivity contribution in [2.24, 2.45) is 0 Å². The van der Waals surface area contributed by atoms with Crippen LogP contribution in [0.2, 0.25) is 0 Å². The van der Waals surface area contributed by atoms with Crippen LogP contribution in [0.1, 0.15) is 20.3 Å². The fraction of sp³-hybridized carbons (Fsp3) is 0.161. The van der Waals surface area contributed by atoms with Gasteiger partial charge in [0.15, 0.2) is 0 Å². The molecule has 0 aliphatic rings. The Morgan fingerprint density at radius 2 is 0.684 bits per heavy atom. The van der Waals surface area contributed by atoms with Gasteiger partial charge in [0.1, 0.15) is 0 Å². The summed E-state index contributed by atoms with van der Waals surface area (Å²) in [5.74, 6) is -2.17. The van der Waals surface area contributed by atoms with E-state index in [-0.39, 0.29) is 32.9 Å². The Morgan fingerprint density at radius 3 is 0.868 bits per heavy atom. The van der Waals surface area contributed by atoms with Crippen LogP contribution in [0, 0.1) is 0 Å². The third-order valence-electron chi connectivity index (χ3n) is 5.03. The van der Waals surface area contributed by atoms with E-state index in [0.717, 1.165) is 13.8 Å². The van der Waals surface area contributed by atoms with Crippen LogP contribution in [0.15, 0.2) is 121 Å². The van der Waals surface area contributed by atoms with E-state index in [9.17, 15) is 0 Å². The van der Waals surface area contributed by atoms with E-state index in [1.54, 1.807) is 0 Å². The van der Waals surface area contributed by atoms with Gasteiger partial charge in [0.05, 0.1) is 0 Å². The van der Waals surface area contributed by atoms with Crippen LogP contribution in [0.4, 0.5) is 0 Å². The molecule has 0 unspecified atom stereocenters. The first-order valence-electron chi connectivity index (χ1n) is 12.0. The normalized spacial score (nSPS) is 9.79. The van der Waals surface area contributed by atoms with Gasteiger partial charge in [-0.25, -0.2) is 0 Å². The quantitative estimate of drug-likeness (QED) is 0.232. The van der Waals surface area contributed by atoms with Crippen molar-refractivity contribution in [3.05, 3.63) is 121 Å². The third kappa shape index (κ3) is 13.1. The Balaban J connectivity index is 0.000000709. The number of carbonyl (C=O) groups is 2. The molecule has 201 valence electrons. The minimum absolute atomic E-state index is 0. The molecule has 4 aromatic carbocycles. The first kappa shape index (κ1) is 33.2. The van der Waals surface area contributed by atoms with Gasteiger partial charge < -0.3 is 19.8 Å². The molecule has 38 heavy (non-hydrogen) atoms. The van der Waals surface area contributed by atoms with E-state index < -0.39 is 11.9 Å². The minimum atomic E-state index is -1.08. The summed E-state index contributed by atoms with van der Waals surface area (Å²) < 4.78 is 0. The molecule has 0 aliphatic carbocycles. The molecule has 0 saturated carbocycles. The number of hydrogen-bond acceptors (Lipinski definition) is 4. The molecule has 0 N–H and O–H groups in total. The zero-order chi connectivity index (χ0) is 26.9. The minimum Gasteiger partial charge on any atom is -0.550 e. The molecule has 0 heterocycles. The Kier molecular flexibility index (Phi) is 16.9. The van der Waals surface area contributed by atoms with Gasteiger partial charge in [-0.3, -0.25) is 0 Å². The van der Waals surface area contributed by atoms with E-state index in [2.05, 4.69) is 121 Å². The van der Waals surface area contributed by atoms with Crippen LogP contribution in [-0.2, 0) is 26.7 Å². The van der Waals surface area contributed by atoms with Gasteiger partial charge in [-0.2, -0.15) is 0 Å². The molecule has 0 atom stereocenters. The van der Waals surface area contributed by atoms with Crippen molar-refractivity contribution in [3.63, 3.8) is 0 Å². The van der Waals surface area contributed by atoms with Crippen molar-refractivity contribution in [1.82, 2.24) is 0 Å². The van der Waals surface area contributed by atoms with E-state index in [0.29, 0.717) is 0 Å². The van der Waals surface area contributed by atoms with Gasteiger partial charge in [0, 0.05) is 11.9 Å². The van der Waals surface area contributed by atoms with E-state index in [1.807, 2.05) is 0 Å². The summed E-state index contributed by atoms with van der Waals surface area (Å²) in [6.45, 7) is 1.94. The standard InChI is InChI=1S/C27H26P2.2C2H4O2.Cu/c1-5-14-24(15-6-1)28(25-16-7-2-8-17-25)22-13-23-29(26-18-9-3-10-19-26)27-20-11-4-12-21-27;2*1-2(3)4;/h1-12,14-21H,13,22-23H2;2*1H3,(H,3,4);/q;;;+2/p-2. The Hall–Kier alpha value is -2.80. The average molecular weight is 594 g/mol. The molecule has 0 aliphatic heterocycles. The first-order chi connectivity index (χ1) is 17.9. The molecule has 0 aromatic heterocycles. The maximum absolute atomic E-state index is 8.89.